The SMILES string of the molecule is Cc1ccc(C(=O)NCc2cc3nc(-c4nn(C5CCNC6(CC6)C5)cc4C)ccc3cn2)cc1S(C)(=O)=O. The Morgan fingerprint density at radius 2 is 1.97 bits per heavy atom. The second-order valence-electron chi connectivity index (χ2n) is 11.0. The molecular weight excluding hydrogens is 512 g/mol. The summed E-state index contributed by atoms with van der Waals surface area (Å²) in [6.07, 6.45) is 9.74. The highest BCUT2D eigenvalue weighted by molar-refractivity contribution is 7.90. The minimum Gasteiger partial charge on any atom is -0.346 e. The molecule has 2 aliphatic rings. The molecule has 4 aromatic rings. The van der Waals surface area contributed by atoms with Crippen LogP contribution in [0.1, 0.15) is 58.9 Å². The van der Waals surface area contributed by atoms with Gasteiger partial charge in [-0.1, -0.05) is 6.07 Å². The van der Waals surface area contributed by atoms with Crippen LogP contribution in [0.2, 0.25) is 0 Å². The number of pyridine rings is 2. The van der Waals surface area contributed by atoms with Crippen LogP contribution in [0, 0.1) is 13.8 Å². The third kappa shape index (κ3) is 5.18. The number of nitrogens with zero attached hydrogens (tertiary/aromatic N) is 4. The largest absolute Gasteiger partial charge is 0.346 e. The fraction of sp³-hybridized carbons (Fsp3) is 0.379. The van der Waals surface area contributed by atoms with Crippen molar-refractivity contribution in [2.45, 2.75) is 62.6 Å². The number of hydrogen-bond acceptors (Lipinski definition) is 7. The van der Waals surface area contributed by atoms with E-state index >= 15 is 0 Å². The summed E-state index contributed by atoms with van der Waals surface area (Å²) in [6.45, 7) is 5.00. The Morgan fingerprint density at radius 3 is 2.74 bits per heavy atom. The maximum Gasteiger partial charge on any atom is 0.251 e. The van der Waals surface area contributed by atoms with Gasteiger partial charge in [0.25, 0.3) is 5.91 Å². The summed E-state index contributed by atoms with van der Waals surface area (Å²) >= 11 is 0. The number of carbonyl (C=O) groups is 1. The highest BCUT2D eigenvalue weighted by atomic mass is 32.2. The van der Waals surface area contributed by atoms with Crippen molar-refractivity contribution in [1.82, 2.24) is 30.4 Å². The minimum absolute atomic E-state index is 0.153. The molecule has 4 heterocycles. The Hall–Kier alpha value is -3.63. The number of aryl methyl sites for hydroxylation is 2. The van der Waals surface area contributed by atoms with Crippen molar-refractivity contribution in [3.63, 3.8) is 0 Å². The summed E-state index contributed by atoms with van der Waals surface area (Å²) < 4.78 is 26.2. The molecular formula is C29H32N6O3S. The molecule has 1 saturated carbocycles. The van der Waals surface area contributed by atoms with E-state index in [1.165, 1.54) is 18.9 Å². The van der Waals surface area contributed by atoms with E-state index in [9.17, 15) is 13.2 Å². The second-order valence-corrected chi connectivity index (χ2v) is 13.0. The smallest absolute Gasteiger partial charge is 0.251 e. The van der Waals surface area contributed by atoms with Crippen molar-refractivity contribution in [1.29, 1.82) is 0 Å². The van der Waals surface area contributed by atoms with Gasteiger partial charge in [-0.15, -0.1) is 0 Å². The summed E-state index contributed by atoms with van der Waals surface area (Å²) in [5.41, 5.74) is 5.44. The van der Waals surface area contributed by atoms with Crippen LogP contribution in [0.15, 0.2) is 53.7 Å². The second kappa shape index (κ2) is 9.53. The Kier molecular flexibility index (Phi) is 6.27. The zero-order valence-corrected chi connectivity index (χ0v) is 23.2. The number of sulfone groups is 1. The van der Waals surface area contributed by atoms with E-state index in [2.05, 4.69) is 33.4 Å². The summed E-state index contributed by atoms with van der Waals surface area (Å²) in [7, 11) is -3.43. The normalized spacial score (nSPS) is 18.4. The third-order valence-electron chi connectivity index (χ3n) is 7.90. The molecule has 1 aliphatic carbocycles. The fourth-order valence-corrected chi connectivity index (χ4v) is 6.50. The van der Waals surface area contributed by atoms with Crippen LogP contribution in [0.25, 0.3) is 22.3 Å². The van der Waals surface area contributed by atoms with Crippen LogP contribution in [-0.4, -0.2) is 52.4 Å². The Morgan fingerprint density at radius 1 is 1.15 bits per heavy atom. The lowest BCUT2D eigenvalue weighted by Crippen LogP contribution is -2.40. The highest BCUT2D eigenvalue weighted by Gasteiger charge is 2.46. The third-order valence-corrected chi connectivity index (χ3v) is 9.14. The van der Waals surface area contributed by atoms with E-state index < -0.39 is 9.84 Å². The maximum atomic E-state index is 12.8. The molecule has 9 nitrogen and oxygen atoms in total. The minimum atomic E-state index is -3.43. The molecule has 39 heavy (non-hydrogen) atoms. The van der Waals surface area contributed by atoms with E-state index in [1.807, 2.05) is 18.2 Å². The van der Waals surface area contributed by atoms with Gasteiger partial charge in [-0.2, -0.15) is 5.10 Å². The Labute approximate surface area is 228 Å². The van der Waals surface area contributed by atoms with Crippen molar-refractivity contribution in [2.24, 2.45) is 0 Å². The van der Waals surface area contributed by atoms with E-state index in [-0.39, 0.29) is 22.9 Å². The predicted octanol–water partition coefficient (Wildman–Crippen LogP) is 3.90. The number of aromatic nitrogens is 4. The highest BCUT2D eigenvalue weighted by Crippen LogP contribution is 2.45. The topological polar surface area (TPSA) is 119 Å². The van der Waals surface area contributed by atoms with Gasteiger partial charge in [0.1, 0.15) is 5.69 Å². The van der Waals surface area contributed by atoms with E-state index in [4.69, 9.17) is 10.1 Å². The van der Waals surface area contributed by atoms with Crippen molar-refractivity contribution in [3.05, 3.63) is 71.2 Å². The lowest BCUT2D eigenvalue weighted by atomic mass is 9.98. The van der Waals surface area contributed by atoms with Crippen molar-refractivity contribution < 1.29 is 13.2 Å². The standard InChI is InChI=1S/C29H32N6O3S/c1-18-4-5-20(12-26(18)39(3,37)38)28(36)31-16-22-13-25-21(15-30-22)6-7-24(33-25)27-19(2)17-35(34-27)23-8-11-32-29(14-23)9-10-29/h4-7,12-13,15,17,23,32H,8-11,14,16H2,1-3H3,(H,31,36). The van der Waals surface area contributed by atoms with E-state index in [0.717, 1.165) is 53.5 Å². The lowest BCUT2D eigenvalue weighted by Gasteiger charge is -2.30. The van der Waals surface area contributed by atoms with Gasteiger partial charge < -0.3 is 10.6 Å². The summed E-state index contributed by atoms with van der Waals surface area (Å²) in [5, 5.41) is 12.4. The molecule has 1 amide bonds. The molecule has 1 aliphatic heterocycles. The van der Waals surface area contributed by atoms with Crippen LogP contribution in [0.4, 0.5) is 0 Å². The summed E-state index contributed by atoms with van der Waals surface area (Å²) in [6, 6.07) is 10.9. The summed E-state index contributed by atoms with van der Waals surface area (Å²) in [4.78, 5) is 22.3. The summed E-state index contributed by atoms with van der Waals surface area (Å²) in [5.74, 6) is -0.365. The molecule has 1 unspecified atom stereocenters. The first kappa shape index (κ1) is 25.6. The zero-order chi connectivity index (χ0) is 27.4. The van der Waals surface area contributed by atoms with Gasteiger partial charge in [-0.3, -0.25) is 14.5 Å². The number of piperidine rings is 1. The van der Waals surface area contributed by atoms with Gasteiger partial charge >= 0.3 is 0 Å². The average Bonchev–Trinajstić information content (AvgIpc) is 3.53. The molecule has 1 saturated heterocycles. The fourth-order valence-electron chi connectivity index (χ4n) is 5.51. The van der Waals surface area contributed by atoms with Gasteiger partial charge in [-0.05, 0) is 87.5 Å². The van der Waals surface area contributed by atoms with Crippen LogP contribution in [0.5, 0.6) is 0 Å². The molecule has 2 fully saturated rings. The number of rotatable bonds is 6. The molecule has 1 aromatic carbocycles. The molecule has 1 spiro atoms. The Balaban J connectivity index is 1.20. The molecule has 10 heteroatoms. The number of fused-ring (bicyclic) bond motifs is 1. The molecule has 0 bridgehead atoms. The number of hydrogen-bond donors (Lipinski definition) is 2. The number of benzene rings is 1. The lowest BCUT2D eigenvalue weighted by molar-refractivity contribution is 0.0950. The van der Waals surface area contributed by atoms with Gasteiger partial charge in [-0.25, -0.2) is 13.4 Å². The van der Waals surface area contributed by atoms with Gasteiger partial charge in [0.05, 0.1) is 34.4 Å². The van der Waals surface area contributed by atoms with E-state index in [1.54, 1.807) is 25.3 Å². The van der Waals surface area contributed by atoms with Crippen molar-refractivity contribution >= 4 is 26.6 Å². The van der Waals surface area contributed by atoms with Crippen LogP contribution in [-0.2, 0) is 16.4 Å². The van der Waals surface area contributed by atoms with Crippen LogP contribution < -0.4 is 10.6 Å². The number of amides is 1. The van der Waals surface area contributed by atoms with Gasteiger partial charge in [0, 0.05) is 35.1 Å². The van der Waals surface area contributed by atoms with Crippen molar-refractivity contribution in [3.8, 4) is 11.4 Å². The van der Waals surface area contributed by atoms with Crippen LogP contribution >= 0.6 is 0 Å². The molecule has 3 aromatic heterocycles. The predicted molar refractivity (Wildman–Crippen MR) is 149 cm³/mol. The molecule has 0 radical (unpaired) electrons. The number of nitrogens with one attached hydrogen (secondary N) is 2. The first-order valence-electron chi connectivity index (χ1n) is 13.3. The maximum absolute atomic E-state index is 12.8. The molecule has 2 N–H and O–H groups in total. The first-order valence-corrected chi connectivity index (χ1v) is 15.2. The molecule has 6 rings (SSSR count). The van der Waals surface area contributed by atoms with Gasteiger partial charge in [0.15, 0.2) is 9.84 Å². The number of carbonyl (C=O) groups excluding carboxylic acids is 1. The van der Waals surface area contributed by atoms with E-state index in [0.29, 0.717) is 22.8 Å². The van der Waals surface area contributed by atoms with Crippen molar-refractivity contribution in [2.75, 3.05) is 12.8 Å². The zero-order valence-electron chi connectivity index (χ0n) is 22.4. The van der Waals surface area contributed by atoms with Gasteiger partial charge in [0.2, 0.25) is 0 Å². The quantitative estimate of drug-likeness (QED) is 0.378. The molecule has 202 valence electrons. The van der Waals surface area contributed by atoms with Crippen LogP contribution in [0.3, 0.4) is 0 Å². The monoisotopic (exact) mass is 544 g/mol. The first-order chi connectivity index (χ1) is 18.6. The Bertz CT molecular complexity index is 1710. The average molecular weight is 545 g/mol. The molecule has 1 atom stereocenters.